The van der Waals surface area contributed by atoms with Gasteiger partial charge in [0.05, 0.1) is 43.5 Å². The molecule has 10 heteroatoms. The van der Waals surface area contributed by atoms with Gasteiger partial charge in [0.2, 0.25) is 5.91 Å². The summed E-state index contributed by atoms with van der Waals surface area (Å²) in [5, 5.41) is 3.11. The second kappa shape index (κ2) is 11.1. The number of amides is 1. The number of aromatic amines is 1. The van der Waals surface area contributed by atoms with Gasteiger partial charge in [0.15, 0.2) is 5.78 Å². The number of methoxy groups -OCH3 is 1. The lowest BCUT2D eigenvalue weighted by atomic mass is 10.0. The smallest absolute Gasteiger partial charge is 0.339 e. The zero-order valence-electron chi connectivity index (χ0n) is 19.7. The van der Waals surface area contributed by atoms with Gasteiger partial charge in [0.1, 0.15) is 5.82 Å². The number of benzene rings is 1. The van der Waals surface area contributed by atoms with Crippen LogP contribution >= 0.6 is 11.6 Å². The standard InChI is InChI=1S/C24H29ClFN3O5/c1-13-12-29(8-9-34-13)19(22-16(25)6-5-7-17(22)26)11-27-20(31)10-18-21(24(32)33-4)14(2)23(28-18)15(3)30/h5-7,13,19,28H,8-12H2,1-4H3,(H,27,31). The number of esters is 1. The minimum Gasteiger partial charge on any atom is -0.465 e. The zero-order chi connectivity index (χ0) is 25.0. The maximum atomic E-state index is 14.8. The molecule has 1 aromatic carbocycles. The predicted octanol–water partition coefficient (Wildman–Crippen LogP) is 3.23. The molecule has 2 aromatic rings. The summed E-state index contributed by atoms with van der Waals surface area (Å²) in [6.45, 7) is 6.61. The van der Waals surface area contributed by atoms with Crippen molar-refractivity contribution in [3.05, 3.63) is 57.1 Å². The van der Waals surface area contributed by atoms with Gasteiger partial charge in [-0.1, -0.05) is 17.7 Å². The minimum atomic E-state index is -0.637. The minimum absolute atomic E-state index is 0.0491. The number of ether oxygens (including phenoxy) is 2. The van der Waals surface area contributed by atoms with Crippen LogP contribution in [0.3, 0.4) is 0 Å². The van der Waals surface area contributed by atoms with Gasteiger partial charge < -0.3 is 19.8 Å². The van der Waals surface area contributed by atoms with E-state index in [1.165, 1.54) is 26.2 Å². The van der Waals surface area contributed by atoms with Crippen molar-refractivity contribution in [3.8, 4) is 0 Å². The molecule has 3 rings (SSSR count). The Morgan fingerprint density at radius 3 is 2.74 bits per heavy atom. The van der Waals surface area contributed by atoms with Crippen molar-refractivity contribution in [3.63, 3.8) is 0 Å². The van der Waals surface area contributed by atoms with Crippen LogP contribution in [0.2, 0.25) is 5.02 Å². The van der Waals surface area contributed by atoms with Gasteiger partial charge in [-0.25, -0.2) is 9.18 Å². The van der Waals surface area contributed by atoms with Crippen LogP contribution in [0.1, 0.15) is 57.6 Å². The predicted molar refractivity (Wildman–Crippen MR) is 125 cm³/mol. The number of ketones is 1. The summed E-state index contributed by atoms with van der Waals surface area (Å²) in [7, 11) is 1.23. The molecule has 2 unspecified atom stereocenters. The number of aromatic nitrogens is 1. The Bertz CT molecular complexity index is 1070. The molecule has 2 heterocycles. The third-order valence-electron chi connectivity index (χ3n) is 5.95. The van der Waals surface area contributed by atoms with E-state index in [0.717, 1.165) is 0 Å². The van der Waals surface area contributed by atoms with E-state index in [9.17, 15) is 18.8 Å². The number of hydrogen-bond acceptors (Lipinski definition) is 6. The quantitative estimate of drug-likeness (QED) is 0.432. The molecule has 1 aromatic heterocycles. The molecule has 1 amide bonds. The van der Waals surface area contributed by atoms with Gasteiger partial charge in [0.25, 0.3) is 0 Å². The summed E-state index contributed by atoms with van der Waals surface area (Å²) in [6.07, 6.45) is -0.234. The third-order valence-corrected chi connectivity index (χ3v) is 6.27. The number of carbonyl (C=O) groups excluding carboxylic acids is 3. The van der Waals surface area contributed by atoms with Gasteiger partial charge in [-0.2, -0.15) is 0 Å². The fraction of sp³-hybridized carbons (Fsp3) is 0.458. The number of morpholine rings is 1. The molecule has 0 saturated carbocycles. The van der Waals surface area contributed by atoms with Crippen LogP contribution in [0.4, 0.5) is 4.39 Å². The summed E-state index contributed by atoms with van der Waals surface area (Å²) in [5.74, 6) is -1.75. The number of Topliss-reactive ketones (excluding diaryl/α,β-unsaturated/α-hetero) is 1. The first kappa shape index (κ1) is 25.9. The van der Waals surface area contributed by atoms with Gasteiger partial charge in [0, 0.05) is 42.8 Å². The summed E-state index contributed by atoms with van der Waals surface area (Å²) in [5.41, 5.74) is 1.44. The molecule has 1 aliphatic rings. The Morgan fingerprint density at radius 1 is 1.38 bits per heavy atom. The molecule has 2 N–H and O–H groups in total. The summed E-state index contributed by atoms with van der Waals surface area (Å²) >= 11 is 6.35. The maximum Gasteiger partial charge on any atom is 0.339 e. The van der Waals surface area contributed by atoms with E-state index >= 15 is 0 Å². The van der Waals surface area contributed by atoms with Gasteiger partial charge >= 0.3 is 5.97 Å². The molecular weight excluding hydrogens is 465 g/mol. The highest BCUT2D eigenvalue weighted by Crippen LogP contribution is 2.31. The van der Waals surface area contributed by atoms with E-state index in [1.54, 1.807) is 13.0 Å². The second-order valence-electron chi connectivity index (χ2n) is 8.33. The topological polar surface area (TPSA) is 101 Å². The first-order valence-electron chi connectivity index (χ1n) is 11.0. The van der Waals surface area contributed by atoms with Crippen molar-refractivity contribution in [1.82, 2.24) is 15.2 Å². The number of hydrogen-bond donors (Lipinski definition) is 2. The number of H-pyrrole nitrogens is 1. The molecule has 8 nitrogen and oxygen atoms in total. The SMILES string of the molecule is COC(=O)c1c(CC(=O)NCC(c2c(F)cccc2Cl)N2CCOC(C)C2)[nH]c(C(C)=O)c1C. The Hall–Kier alpha value is -2.75. The molecule has 1 aliphatic heterocycles. The molecule has 0 radical (unpaired) electrons. The normalized spacial score (nSPS) is 17.3. The van der Waals surface area contributed by atoms with Crippen LogP contribution in [-0.2, 0) is 20.7 Å². The number of halogens is 2. The molecule has 1 fully saturated rings. The summed E-state index contributed by atoms with van der Waals surface area (Å²) < 4.78 is 25.2. The molecule has 2 atom stereocenters. The van der Waals surface area contributed by atoms with Crippen molar-refractivity contribution < 1.29 is 28.2 Å². The lowest BCUT2D eigenvalue weighted by Gasteiger charge is -2.38. The lowest BCUT2D eigenvalue weighted by molar-refractivity contribution is -0.121. The number of nitrogens with one attached hydrogen (secondary N) is 2. The van der Waals surface area contributed by atoms with Gasteiger partial charge in [-0.15, -0.1) is 0 Å². The van der Waals surface area contributed by atoms with Crippen LogP contribution in [0.15, 0.2) is 18.2 Å². The molecule has 1 saturated heterocycles. The molecule has 34 heavy (non-hydrogen) atoms. The van der Waals surface area contributed by atoms with Crippen molar-refractivity contribution >= 4 is 29.3 Å². The third kappa shape index (κ3) is 5.65. The molecule has 184 valence electrons. The zero-order valence-corrected chi connectivity index (χ0v) is 20.4. The second-order valence-corrected chi connectivity index (χ2v) is 8.74. The average molecular weight is 494 g/mol. The summed E-state index contributed by atoms with van der Waals surface area (Å²) in [6, 6.07) is 3.98. The Morgan fingerprint density at radius 2 is 2.12 bits per heavy atom. The van der Waals surface area contributed by atoms with E-state index in [1.807, 2.05) is 11.8 Å². The fourth-order valence-corrected chi connectivity index (χ4v) is 4.62. The highest BCUT2D eigenvalue weighted by Gasteiger charge is 2.30. The van der Waals surface area contributed by atoms with Crippen molar-refractivity contribution in [1.29, 1.82) is 0 Å². The molecule has 0 spiro atoms. The van der Waals surface area contributed by atoms with Crippen LogP contribution in [0.25, 0.3) is 0 Å². The monoisotopic (exact) mass is 493 g/mol. The van der Waals surface area contributed by atoms with Crippen molar-refractivity contribution in [2.45, 2.75) is 39.3 Å². The summed E-state index contributed by atoms with van der Waals surface area (Å²) in [4.78, 5) is 42.0. The fourth-order valence-electron chi connectivity index (χ4n) is 4.33. The first-order valence-corrected chi connectivity index (χ1v) is 11.4. The highest BCUT2D eigenvalue weighted by atomic mass is 35.5. The number of carbonyl (C=O) groups is 3. The van der Waals surface area contributed by atoms with Crippen molar-refractivity contribution in [2.24, 2.45) is 0 Å². The van der Waals surface area contributed by atoms with E-state index < -0.39 is 23.7 Å². The van der Waals surface area contributed by atoms with Crippen LogP contribution in [0, 0.1) is 12.7 Å². The number of rotatable bonds is 8. The number of nitrogens with zero attached hydrogens (tertiary/aromatic N) is 1. The van der Waals surface area contributed by atoms with E-state index in [0.29, 0.717) is 30.8 Å². The van der Waals surface area contributed by atoms with Crippen LogP contribution < -0.4 is 5.32 Å². The van der Waals surface area contributed by atoms with Crippen molar-refractivity contribution in [2.75, 3.05) is 33.4 Å². The van der Waals surface area contributed by atoms with E-state index in [4.69, 9.17) is 21.1 Å². The Balaban J connectivity index is 1.82. The van der Waals surface area contributed by atoms with Crippen LogP contribution in [-0.4, -0.2) is 67.0 Å². The molecule has 0 bridgehead atoms. The highest BCUT2D eigenvalue weighted by molar-refractivity contribution is 6.31. The van der Waals surface area contributed by atoms with Gasteiger partial charge in [-0.3, -0.25) is 14.5 Å². The molecular formula is C24H29ClFN3O5. The Labute approximate surface area is 202 Å². The molecule has 0 aliphatic carbocycles. The first-order chi connectivity index (χ1) is 16.1. The largest absolute Gasteiger partial charge is 0.465 e. The van der Waals surface area contributed by atoms with Crippen LogP contribution in [0.5, 0.6) is 0 Å². The van der Waals surface area contributed by atoms with Gasteiger partial charge in [-0.05, 0) is 31.5 Å². The lowest BCUT2D eigenvalue weighted by Crippen LogP contribution is -2.47. The van der Waals surface area contributed by atoms with E-state index in [-0.39, 0.29) is 46.8 Å². The maximum absolute atomic E-state index is 14.8. The van der Waals surface area contributed by atoms with E-state index in [2.05, 4.69) is 10.3 Å². The Kier molecular flexibility index (Phi) is 8.46. The average Bonchev–Trinajstić information content (AvgIpc) is 3.11.